The lowest BCUT2D eigenvalue weighted by Crippen LogP contribution is -2.28. The first kappa shape index (κ1) is 69.7. The van der Waals surface area contributed by atoms with Crippen molar-refractivity contribution in [2.45, 2.75) is 159 Å². The summed E-state index contributed by atoms with van der Waals surface area (Å²) in [5.74, 6) is 0. The molecule has 0 amide bonds. The van der Waals surface area contributed by atoms with Crippen LogP contribution in [0.25, 0.3) is 0 Å². The molecule has 0 aromatic heterocycles. The van der Waals surface area contributed by atoms with E-state index in [1.54, 1.807) is 121 Å². The third-order valence-electron chi connectivity index (χ3n) is 12.6. The van der Waals surface area contributed by atoms with Gasteiger partial charge in [0.05, 0.1) is 46.5 Å². The van der Waals surface area contributed by atoms with Crippen molar-refractivity contribution in [1.82, 2.24) is 0 Å². The molecule has 0 bridgehead atoms. The van der Waals surface area contributed by atoms with E-state index in [0.29, 0.717) is 96.4 Å². The van der Waals surface area contributed by atoms with E-state index < -0.39 is 40.6 Å². The van der Waals surface area contributed by atoms with Crippen LogP contribution in [-0.4, -0.2) is 24.9 Å². The summed E-state index contributed by atoms with van der Waals surface area (Å²) < 4.78 is 66.7. The number of nitrogens with zero attached hydrogens (tertiary/aromatic N) is 4. The SMILES string of the molecule is CC(C)=CCC/C(C)=C/C(Nc1ccc(C#N)cc1)OP(=O)(OC(/C=C(\C)CCC=C(C)C)Nc1ccc(C#N)cc1)OP(=O)(OC(/C=C(\C)CCC=C(C)C)Nc1ccc(C#N)cc1)OC(/C=C(\C)CCC=C(C)C)Nc1ccc(C#N)cc1. The fraction of sp³-hybridized carbons (Fsp3) is 0.353. The minimum atomic E-state index is -5.42. The van der Waals surface area contributed by atoms with Crippen LogP contribution >= 0.6 is 15.6 Å². The maximum atomic E-state index is 16.7. The highest BCUT2D eigenvalue weighted by molar-refractivity contribution is 7.62. The Hall–Kier alpha value is -7.78. The topological polar surface area (TPSA) is 224 Å². The number of phosphoric acid groups is 2. The monoisotopic (exact) mass is 1190 g/mol. The van der Waals surface area contributed by atoms with Crippen LogP contribution in [0.1, 0.15) is 157 Å². The number of benzene rings is 4. The van der Waals surface area contributed by atoms with E-state index in [4.69, 9.17) is 22.4 Å². The standard InChI is InChI=1S/C68H84N8O7P2/c1-49(2)17-13-21-53(9)41-65(73-61-33-25-57(45-69)26-34-61)79-84(77,80-66(42-54(10)22-14-18-50(3)4)74-62-35-27-58(46-70)28-36-62)83-85(78,81-67(43-55(11)23-15-19-51(5)6)75-63-37-29-59(47-71)30-38-63)82-68(44-56(12)24-16-20-52(7)8)76-64-39-31-60(48-72)32-40-64/h17-20,25-44,65-68,73-76H,13-16,21-24H2,1-12H3/b53-41+,54-42+,55-43+,56-44+. The highest BCUT2D eigenvalue weighted by Gasteiger charge is 2.46. The molecule has 0 aliphatic carbocycles. The van der Waals surface area contributed by atoms with Crippen molar-refractivity contribution in [2.75, 3.05) is 21.3 Å². The summed E-state index contributed by atoms with van der Waals surface area (Å²) in [5.41, 5.74) is 11.4. The van der Waals surface area contributed by atoms with Crippen LogP contribution < -0.4 is 21.3 Å². The molecule has 85 heavy (non-hydrogen) atoms. The molecule has 0 fully saturated rings. The van der Waals surface area contributed by atoms with Crippen LogP contribution in [0.3, 0.4) is 0 Å². The zero-order valence-corrected chi connectivity index (χ0v) is 53.2. The van der Waals surface area contributed by atoms with Gasteiger partial charge in [-0.2, -0.15) is 25.4 Å². The number of phosphoric ester groups is 2. The van der Waals surface area contributed by atoms with Gasteiger partial charge >= 0.3 is 15.6 Å². The molecule has 0 aliphatic heterocycles. The van der Waals surface area contributed by atoms with E-state index in [-0.39, 0.29) is 0 Å². The third-order valence-corrected chi connectivity index (χ3v) is 16.1. The van der Waals surface area contributed by atoms with E-state index in [2.05, 4.69) is 69.8 Å². The van der Waals surface area contributed by atoms with Gasteiger partial charge in [-0.1, -0.05) is 68.9 Å². The molecule has 4 N–H and O–H groups in total. The van der Waals surface area contributed by atoms with Crippen LogP contribution in [0.15, 0.2) is 190 Å². The molecule has 4 rings (SSSR count). The van der Waals surface area contributed by atoms with Crippen molar-refractivity contribution >= 4 is 38.4 Å². The highest BCUT2D eigenvalue weighted by Crippen LogP contribution is 2.68. The maximum Gasteiger partial charge on any atom is 0.488 e. The van der Waals surface area contributed by atoms with Gasteiger partial charge < -0.3 is 21.3 Å². The summed E-state index contributed by atoms with van der Waals surface area (Å²) in [6.07, 6.45) is 15.1. The molecule has 4 unspecified atom stereocenters. The Morgan fingerprint density at radius 3 is 0.718 bits per heavy atom. The van der Waals surface area contributed by atoms with Crippen molar-refractivity contribution in [3.05, 3.63) is 213 Å². The van der Waals surface area contributed by atoms with Gasteiger partial charge in [-0.05, 0) is 256 Å². The Balaban J connectivity index is 2.11. The molecule has 0 heterocycles. The molecule has 0 spiro atoms. The first-order valence-electron chi connectivity index (χ1n) is 28.4. The van der Waals surface area contributed by atoms with E-state index >= 15 is 9.13 Å². The number of nitriles is 4. The molecule has 0 saturated heterocycles. The maximum absolute atomic E-state index is 16.7. The molecule has 15 nitrogen and oxygen atoms in total. The van der Waals surface area contributed by atoms with Crippen LogP contribution in [0.4, 0.5) is 22.7 Å². The van der Waals surface area contributed by atoms with Gasteiger partial charge in [-0.15, -0.1) is 0 Å². The lowest BCUT2D eigenvalue weighted by Gasteiger charge is -2.32. The van der Waals surface area contributed by atoms with Crippen LogP contribution in [-0.2, 0) is 31.5 Å². The first-order valence-corrected chi connectivity index (χ1v) is 31.3. The van der Waals surface area contributed by atoms with Gasteiger partial charge in [0.25, 0.3) is 0 Å². The Morgan fingerprint density at radius 1 is 0.365 bits per heavy atom. The molecule has 4 aromatic carbocycles. The molecule has 4 atom stereocenters. The van der Waals surface area contributed by atoms with Crippen molar-refractivity contribution in [3.8, 4) is 24.3 Å². The fourth-order valence-corrected chi connectivity index (χ4v) is 11.4. The zero-order valence-electron chi connectivity index (χ0n) is 51.4. The summed E-state index contributed by atoms with van der Waals surface area (Å²) in [5, 5.41) is 52.0. The lowest BCUT2D eigenvalue weighted by atomic mass is 10.1. The minimum absolute atomic E-state index is 0.406. The average molecular weight is 1190 g/mol. The first-order chi connectivity index (χ1) is 40.5. The number of hydrogen-bond donors (Lipinski definition) is 4. The van der Waals surface area contributed by atoms with Crippen LogP contribution in [0, 0.1) is 45.3 Å². The third kappa shape index (κ3) is 28.1. The molecule has 448 valence electrons. The predicted octanol–water partition coefficient (Wildman–Crippen LogP) is 19.3. The summed E-state index contributed by atoms with van der Waals surface area (Å²) in [6, 6.07) is 35.0. The summed E-state index contributed by atoms with van der Waals surface area (Å²) >= 11 is 0. The summed E-state index contributed by atoms with van der Waals surface area (Å²) in [4.78, 5) is 0. The van der Waals surface area contributed by atoms with Crippen molar-refractivity contribution in [3.63, 3.8) is 0 Å². The van der Waals surface area contributed by atoms with Crippen LogP contribution in [0.5, 0.6) is 0 Å². The number of allylic oxidation sites excluding steroid dienone is 12. The van der Waals surface area contributed by atoms with Crippen molar-refractivity contribution in [1.29, 1.82) is 21.0 Å². The van der Waals surface area contributed by atoms with Gasteiger partial charge in [0.2, 0.25) is 0 Å². The molecule has 4 aromatic rings. The van der Waals surface area contributed by atoms with Gasteiger partial charge in [0.15, 0.2) is 24.9 Å². The number of nitrogens with one attached hydrogen (secondary N) is 4. The Morgan fingerprint density at radius 2 is 0.553 bits per heavy atom. The number of hydrogen-bond acceptors (Lipinski definition) is 15. The van der Waals surface area contributed by atoms with Gasteiger partial charge in [-0.3, -0.25) is 18.1 Å². The fourth-order valence-electron chi connectivity index (χ4n) is 8.14. The van der Waals surface area contributed by atoms with Crippen LogP contribution in [0.2, 0.25) is 0 Å². The van der Waals surface area contributed by atoms with Gasteiger partial charge in [-0.25, -0.2) is 9.13 Å². The molecule has 17 heteroatoms. The zero-order chi connectivity index (χ0) is 62.4. The van der Waals surface area contributed by atoms with E-state index in [1.165, 1.54) is 0 Å². The second-order valence-corrected chi connectivity index (χ2v) is 25.0. The normalized spacial score (nSPS) is 14.6. The predicted molar refractivity (Wildman–Crippen MR) is 345 cm³/mol. The number of rotatable bonds is 34. The molecule has 0 aliphatic rings. The Bertz CT molecular complexity index is 2900. The molecule has 0 saturated carbocycles. The summed E-state index contributed by atoms with van der Waals surface area (Å²) in [6.45, 7) is 23.8. The highest BCUT2D eigenvalue weighted by atomic mass is 31.3. The van der Waals surface area contributed by atoms with Gasteiger partial charge in [0, 0.05) is 22.7 Å². The summed E-state index contributed by atoms with van der Waals surface area (Å²) in [7, 11) is -10.8. The second-order valence-electron chi connectivity index (χ2n) is 21.7. The lowest BCUT2D eigenvalue weighted by molar-refractivity contribution is 0.0825. The quantitative estimate of drug-likeness (QED) is 0.0194. The Kier molecular flexibility index (Phi) is 29.6. The molecular formula is C68H84N8O7P2. The Labute approximate surface area is 506 Å². The largest absolute Gasteiger partial charge is 0.488 e. The van der Waals surface area contributed by atoms with E-state index in [9.17, 15) is 21.0 Å². The van der Waals surface area contributed by atoms with Gasteiger partial charge in [0.1, 0.15) is 0 Å². The molecular weight excluding hydrogens is 1100 g/mol. The average Bonchev–Trinajstić information content (AvgIpc) is 3.63. The van der Waals surface area contributed by atoms with E-state index in [1.807, 2.05) is 83.1 Å². The van der Waals surface area contributed by atoms with Crippen molar-refractivity contribution in [2.24, 2.45) is 0 Å². The second kappa shape index (κ2) is 36.2. The smallest absolute Gasteiger partial charge is 0.356 e. The van der Waals surface area contributed by atoms with Crippen molar-refractivity contribution < 1.29 is 31.5 Å². The number of anilines is 4. The minimum Gasteiger partial charge on any atom is -0.356 e. The molecule has 0 radical (unpaired) electrons. The van der Waals surface area contributed by atoms with E-state index in [0.717, 1.165) is 44.6 Å².